The van der Waals surface area contributed by atoms with Crippen LogP contribution >= 0.6 is 0 Å². The fourth-order valence-corrected chi connectivity index (χ4v) is 1.97. The molecule has 0 aliphatic heterocycles. The van der Waals surface area contributed by atoms with Crippen LogP contribution in [0.1, 0.15) is 24.7 Å². The van der Waals surface area contributed by atoms with Crippen LogP contribution in [-0.2, 0) is 6.54 Å². The number of carbonyl (C=O) groups is 1. The van der Waals surface area contributed by atoms with Gasteiger partial charge in [-0.15, -0.1) is 0 Å². The first kappa shape index (κ1) is 14.3. The standard InChI is InChI=1S/C14H20N4O2/c1-3-11(9-19)17-14(20)15-7-12-8-18-10(2)5-4-6-13(18)16-12/h4-6,8,11,19H,3,7,9H2,1-2H3,(H2,15,17,20). The summed E-state index contributed by atoms with van der Waals surface area (Å²) >= 11 is 0. The molecule has 0 aliphatic rings. The van der Waals surface area contributed by atoms with Gasteiger partial charge in [0.25, 0.3) is 0 Å². The predicted octanol–water partition coefficient (Wildman–Crippen LogP) is 1.21. The Balaban J connectivity index is 1.96. The molecule has 0 fully saturated rings. The van der Waals surface area contributed by atoms with Crippen molar-refractivity contribution in [3.05, 3.63) is 35.8 Å². The quantitative estimate of drug-likeness (QED) is 0.768. The highest BCUT2D eigenvalue weighted by Gasteiger charge is 2.09. The number of carbonyl (C=O) groups excluding carboxylic acids is 1. The molecule has 6 nitrogen and oxygen atoms in total. The molecule has 2 aromatic rings. The predicted molar refractivity (Wildman–Crippen MR) is 76.5 cm³/mol. The average Bonchev–Trinajstić information content (AvgIpc) is 2.87. The Labute approximate surface area is 117 Å². The summed E-state index contributed by atoms with van der Waals surface area (Å²) in [5, 5.41) is 14.5. The zero-order valence-corrected chi connectivity index (χ0v) is 11.8. The summed E-state index contributed by atoms with van der Waals surface area (Å²) in [6.45, 7) is 4.21. The lowest BCUT2D eigenvalue weighted by atomic mass is 10.2. The number of aromatic nitrogens is 2. The SMILES string of the molecule is CCC(CO)NC(=O)NCc1cn2c(C)cccc2n1. The Hall–Kier alpha value is -2.08. The second-order valence-corrected chi connectivity index (χ2v) is 4.74. The number of aryl methyl sites for hydroxylation is 1. The zero-order valence-electron chi connectivity index (χ0n) is 11.8. The number of hydrogen-bond donors (Lipinski definition) is 3. The van der Waals surface area contributed by atoms with Crippen LogP contribution in [0, 0.1) is 6.92 Å². The largest absolute Gasteiger partial charge is 0.394 e. The Bertz CT molecular complexity index is 590. The molecule has 2 amide bonds. The Morgan fingerprint density at radius 1 is 1.50 bits per heavy atom. The molecular weight excluding hydrogens is 256 g/mol. The molecule has 0 spiro atoms. The van der Waals surface area contributed by atoms with Gasteiger partial charge >= 0.3 is 6.03 Å². The van der Waals surface area contributed by atoms with E-state index in [0.717, 1.165) is 17.0 Å². The van der Waals surface area contributed by atoms with Crippen molar-refractivity contribution < 1.29 is 9.90 Å². The van der Waals surface area contributed by atoms with Gasteiger partial charge in [0.15, 0.2) is 0 Å². The van der Waals surface area contributed by atoms with Gasteiger partial charge in [-0.25, -0.2) is 9.78 Å². The van der Waals surface area contributed by atoms with Crippen molar-refractivity contribution in [3.63, 3.8) is 0 Å². The third-order valence-corrected chi connectivity index (χ3v) is 3.22. The summed E-state index contributed by atoms with van der Waals surface area (Å²) in [4.78, 5) is 16.1. The van der Waals surface area contributed by atoms with Gasteiger partial charge in [0.05, 0.1) is 24.9 Å². The van der Waals surface area contributed by atoms with Crippen molar-refractivity contribution in [3.8, 4) is 0 Å². The van der Waals surface area contributed by atoms with E-state index in [2.05, 4.69) is 15.6 Å². The minimum atomic E-state index is -0.292. The van der Waals surface area contributed by atoms with Crippen molar-refractivity contribution in [1.82, 2.24) is 20.0 Å². The first-order valence-corrected chi connectivity index (χ1v) is 6.73. The fraction of sp³-hybridized carbons (Fsp3) is 0.429. The van der Waals surface area contributed by atoms with Crippen LogP contribution in [-0.4, -0.2) is 33.2 Å². The van der Waals surface area contributed by atoms with Gasteiger partial charge in [-0.1, -0.05) is 13.0 Å². The van der Waals surface area contributed by atoms with Crippen molar-refractivity contribution in [2.75, 3.05) is 6.61 Å². The van der Waals surface area contributed by atoms with Crippen LogP contribution in [0.25, 0.3) is 5.65 Å². The van der Waals surface area contributed by atoms with E-state index in [-0.39, 0.29) is 18.7 Å². The number of amides is 2. The lowest BCUT2D eigenvalue weighted by Gasteiger charge is -2.14. The highest BCUT2D eigenvalue weighted by atomic mass is 16.3. The molecule has 2 aromatic heterocycles. The molecule has 0 saturated heterocycles. The van der Waals surface area contributed by atoms with Gasteiger partial charge < -0.3 is 20.1 Å². The summed E-state index contributed by atoms with van der Waals surface area (Å²) in [5.41, 5.74) is 2.76. The van der Waals surface area contributed by atoms with Crippen molar-refractivity contribution >= 4 is 11.7 Å². The van der Waals surface area contributed by atoms with Crippen LogP contribution < -0.4 is 10.6 Å². The van der Waals surface area contributed by atoms with Gasteiger partial charge in [0.2, 0.25) is 0 Å². The van der Waals surface area contributed by atoms with Crippen LogP contribution in [0.5, 0.6) is 0 Å². The first-order chi connectivity index (χ1) is 9.63. The van der Waals surface area contributed by atoms with Gasteiger partial charge in [-0.3, -0.25) is 0 Å². The van der Waals surface area contributed by atoms with Crippen molar-refractivity contribution in [2.24, 2.45) is 0 Å². The van der Waals surface area contributed by atoms with E-state index in [1.807, 2.05) is 42.6 Å². The number of urea groups is 1. The van der Waals surface area contributed by atoms with Crippen LogP contribution in [0.2, 0.25) is 0 Å². The monoisotopic (exact) mass is 276 g/mol. The zero-order chi connectivity index (χ0) is 14.5. The molecule has 2 rings (SSSR count). The maximum Gasteiger partial charge on any atom is 0.315 e. The lowest BCUT2D eigenvalue weighted by molar-refractivity contribution is 0.214. The van der Waals surface area contributed by atoms with Gasteiger partial charge in [0.1, 0.15) is 5.65 Å². The molecule has 1 unspecified atom stereocenters. The molecule has 3 N–H and O–H groups in total. The number of fused-ring (bicyclic) bond motifs is 1. The third kappa shape index (κ3) is 3.27. The summed E-state index contributed by atoms with van der Waals surface area (Å²) in [5.74, 6) is 0. The number of nitrogens with zero attached hydrogens (tertiary/aromatic N) is 2. The summed E-state index contributed by atoms with van der Waals surface area (Å²) in [6.07, 6.45) is 2.60. The number of aliphatic hydroxyl groups is 1. The minimum absolute atomic E-state index is 0.0581. The Morgan fingerprint density at radius 3 is 2.95 bits per heavy atom. The van der Waals surface area contributed by atoms with Gasteiger partial charge in [-0.2, -0.15) is 0 Å². The normalized spacial score (nSPS) is 12.3. The Kier molecular flexibility index (Phi) is 4.57. The second kappa shape index (κ2) is 6.38. The number of pyridine rings is 1. The van der Waals surface area contributed by atoms with Gasteiger partial charge in [0, 0.05) is 11.9 Å². The Morgan fingerprint density at radius 2 is 2.30 bits per heavy atom. The highest BCUT2D eigenvalue weighted by molar-refractivity contribution is 5.74. The molecule has 2 heterocycles. The smallest absolute Gasteiger partial charge is 0.315 e. The second-order valence-electron chi connectivity index (χ2n) is 4.74. The molecule has 0 aliphatic carbocycles. The molecular formula is C14H20N4O2. The molecule has 20 heavy (non-hydrogen) atoms. The van der Waals surface area contributed by atoms with E-state index in [1.54, 1.807) is 0 Å². The summed E-state index contributed by atoms with van der Waals surface area (Å²) in [7, 11) is 0. The van der Waals surface area contributed by atoms with E-state index in [9.17, 15) is 4.79 Å². The minimum Gasteiger partial charge on any atom is -0.394 e. The molecule has 0 bridgehead atoms. The summed E-state index contributed by atoms with van der Waals surface area (Å²) < 4.78 is 1.98. The molecule has 0 aromatic carbocycles. The number of imidazole rings is 1. The summed E-state index contributed by atoms with van der Waals surface area (Å²) in [6, 6.07) is 5.38. The maximum atomic E-state index is 11.7. The fourth-order valence-electron chi connectivity index (χ4n) is 1.97. The maximum absolute atomic E-state index is 11.7. The average molecular weight is 276 g/mol. The number of hydrogen-bond acceptors (Lipinski definition) is 3. The third-order valence-electron chi connectivity index (χ3n) is 3.22. The molecule has 0 saturated carbocycles. The van der Waals surface area contributed by atoms with E-state index in [0.29, 0.717) is 13.0 Å². The topological polar surface area (TPSA) is 78.7 Å². The van der Waals surface area contributed by atoms with E-state index in [4.69, 9.17) is 5.11 Å². The van der Waals surface area contributed by atoms with E-state index in [1.165, 1.54) is 0 Å². The van der Waals surface area contributed by atoms with Crippen molar-refractivity contribution in [2.45, 2.75) is 32.9 Å². The molecule has 6 heteroatoms. The highest BCUT2D eigenvalue weighted by Crippen LogP contribution is 2.08. The van der Waals surface area contributed by atoms with E-state index >= 15 is 0 Å². The number of rotatable bonds is 5. The number of aliphatic hydroxyl groups excluding tert-OH is 1. The van der Waals surface area contributed by atoms with E-state index < -0.39 is 0 Å². The van der Waals surface area contributed by atoms with Crippen LogP contribution in [0.15, 0.2) is 24.4 Å². The van der Waals surface area contributed by atoms with Crippen molar-refractivity contribution in [1.29, 1.82) is 0 Å². The van der Waals surface area contributed by atoms with Crippen LogP contribution in [0.3, 0.4) is 0 Å². The lowest BCUT2D eigenvalue weighted by Crippen LogP contribution is -2.43. The molecule has 1 atom stereocenters. The molecule has 0 radical (unpaired) electrons. The number of nitrogens with one attached hydrogen (secondary N) is 2. The molecule has 108 valence electrons. The van der Waals surface area contributed by atoms with Crippen LogP contribution in [0.4, 0.5) is 4.79 Å². The first-order valence-electron chi connectivity index (χ1n) is 6.73. The van der Waals surface area contributed by atoms with Gasteiger partial charge in [-0.05, 0) is 25.5 Å².